The molecule has 0 radical (unpaired) electrons. The maximum absolute atomic E-state index is 12.6. The van der Waals surface area contributed by atoms with Gasteiger partial charge in [0.1, 0.15) is 0 Å². The average Bonchev–Trinajstić information content (AvgIpc) is 2.91. The van der Waals surface area contributed by atoms with Crippen molar-refractivity contribution in [3.05, 3.63) is 59.7 Å². The molecule has 3 rings (SSSR count). The highest BCUT2D eigenvalue weighted by molar-refractivity contribution is 8.14. The van der Waals surface area contributed by atoms with Gasteiger partial charge < -0.3 is 4.57 Å². The minimum Gasteiger partial charge on any atom is -0.319 e. The molecule has 3 aromatic rings. The van der Waals surface area contributed by atoms with Crippen LogP contribution in [0.3, 0.4) is 0 Å². The van der Waals surface area contributed by atoms with E-state index in [2.05, 4.69) is 37.2 Å². The van der Waals surface area contributed by atoms with Crippen LogP contribution in [0.1, 0.15) is 43.6 Å². The molecule has 0 fully saturated rings. The summed E-state index contributed by atoms with van der Waals surface area (Å²) in [5.41, 5.74) is 4.02. The van der Waals surface area contributed by atoms with Crippen molar-refractivity contribution in [2.45, 2.75) is 44.8 Å². The van der Waals surface area contributed by atoms with Gasteiger partial charge in [-0.15, -0.1) is 0 Å². The number of hydrogen-bond acceptors (Lipinski definition) is 3. The number of fused-ring (bicyclic) bond motifs is 1. The lowest BCUT2D eigenvalue weighted by Gasteiger charge is -2.18. The summed E-state index contributed by atoms with van der Waals surface area (Å²) in [5.74, 6) is 0. The molecule has 24 heavy (non-hydrogen) atoms. The molecule has 1 heterocycles. The molecule has 0 bridgehead atoms. The van der Waals surface area contributed by atoms with Gasteiger partial charge in [0.25, 0.3) is 0 Å². The largest absolute Gasteiger partial charge is 0.319 e. The number of hydrogen-bond donors (Lipinski definition) is 0. The van der Waals surface area contributed by atoms with E-state index in [1.165, 1.54) is 17.3 Å². The second kappa shape index (κ2) is 6.44. The van der Waals surface area contributed by atoms with E-state index < -0.39 is 0 Å². The van der Waals surface area contributed by atoms with Crippen LogP contribution in [0.2, 0.25) is 0 Å². The molecule has 0 aliphatic carbocycles. The number of carbonyl (C=O) groups is 1. The Bertz CT molecular complexity index is 873. The Morgan fingerprint density at radius 2 is 1.75 bits per heavy atom. The number of para-hydroxylation sites is 2. The quantitative estimate of drug-likeness (QED) is 0.609. The zero-order valence-corrected chi connectivity index (χ0v) is 15.4. The molecule has 0 atom stereocenters. The Morgan fingerprint density at radius 1 is 1.08 bits per heavy atom. The first-order chi connectivity index (χ1) is 11.4. The fourth-order valence-electron chi connectivity index (χ4n) is 2.69. The first kappa shape index (κ1) is 16.8. The lowest BCUT2D eigenvalue weighted by atomic mass is 9.87. The third-order valence-electron chi connectivity index (χ3n) is 4.11. The number of carbonyl (C=O) groups excluding carboxylic acids is 1. The van der Waals surface area contributed by atoms with Gasteiger partial charge in [-0.3, -0.25) is 4.79 Å². The van der Waals surface area contributed by atoms with E-state index in [0.717, 1.165) is 22.7 Å². The summed E-state index contributed by atoms with van der Waals surface area (Å²) in [4.78, 5) is 17.2. The Balaban J connectivity index is 1.87. The fourth-order valence-corrected chi connectivity index (χ4v) is 3.59. The molecule has 0 aliphatic rings. The standard InChI is InChI=1S/C20H22N2OS/c1-5-22-17-9-7-6-8-16(17)21-19(22)24-18(23)14-10-12-15(13-11-14)20(2,3)4/h6-13H,5H2,1-4H3. The summed E-state index contributed by atoms with van der Waals surface area (Å²) in [7, 11) is 0. The number of aryl methyl sites for hydroxylation is 1. The second-order valence-electron chi connectivity index (χ2n) is 6.84. The highest BCUT2D eigenvalue weighted by Crippen LogP contribution is 2.28. The van der Waals surface area contributed by atoms with Crippen LogP contribution in [-0.4, -0.2) is 14.7 Å². The van der Waals surface area contributed by atoms with Crippen LogP contribution >= 0.6 is 11.8 Å². The number of benzene rings is 2. The van der Waals surface area contributed by atoms with Crippen molar-refractivity contribution in [1.29, 1.82) is 0 Å². The molecule has 0 spiro atoms. The summed E-state index contributed by atoms with van der Waals surface area (Å²) in [6, 6.07) is 15.9. The van der Waals surface area contributed by atoms with Crippen molar-refractivity contribution < 1.29 is 4.79 Å². The maximum Gasteiger partial charge on any atom is 0.227 e. The average molecular weight is 338 g/mol. The molecule has 124 valence electrons. The van der Waals surface area contributed by atoms with Crippen LogP contribution in [0.5, 0.6) is 0 Å². The Hall–Kier alpha value is -2.07. The third kappa shape index (κ3) is 3.24. The number of thioether (sulfide) groups is 1. The van der Waals surface area contributed by atoms with Crippen LogP contribution < -0.4 is 0 Å². The van der Waals surface area contributed by atoms with Crippen molar-refractivity contribution in [2.75, 3.05) is 0 Å². The molecule has 1 aromatic heterocycles. The minimum absolute atomic E-state index is 0.0282. The molecule has 0 saturated heterocycles. The number of rotatable bonds is 3. The molecule has 4 heteroatoms. The van der Waals surface area contributed by atoms with E-state index in [1.807, 2.05) is 48.5 Å². The van der Waals surface area contributed by atoms with Gasteiger partial charge in [-0.1, -0.05) is 57.2 Å². The van der Waals surface area contributed by atoms with Crippen LogP contribution in [-0.2, 0) is 12.0 Å². The van der Waals surface area contributed by atoms with Gasteiger partial charge in [0.2, 0.25) is 5.12 Å². The van der Waals surface area contributed by atoms with Gasteiger partial charge in [-0.2, -0.15) is 0 Å². The molecule has 2 aromatic carbocycles. The lowest BCUT2D eigenvalue weighted by molar-refractivity contribution is 0.108. The van der Waals surface area contributed by atoms with Gasteiger partial charge in [-0.05, 0) is 41.8 Å². The topological polar surface area (TPSA) is 34.9 Å². The predicted molar refractivity (Wildman–Crippen MR) is 101 cm³/mol. The lowest BCUT2D eigenvalue weighted by Crippen LogP contribution is -2.11. The van der Waals surface area contributed by atoms with Crippen LogP contribution in [0.15, 0.2) is 53.7 Å². The van der Waals surface area contributed by atoms with Crippen molar-refractivity contribution in [3.63, 3.8) is 0 Å². The Kier molecular flexibility index (Phi) is 4.50. The first-order valence-electron chi connectivity index (χ1n) is 8.18. The third-order valence-corrected chi connectivity index (χ3v) is 5.02. The van der Waals surface area contributed by atoms with Crippen LogP contribution in [0.25, 0.3) is 11.0 Å². The summed E-state index contributed by atoms with van der Waals surface area (Å²) in [6.07, 6.45) is 0. The van der Waals surface area contributed by atoms with Gasteiger partial charge in [-0.25, -0.2) is 4.98 Å². The van der Waals surface area contributed by atoms with E-state index in [1.54, 1.807) is 0 Å². The molecule has 0 unspecified atom stereocenters. The van der Waals surface area contributed by atoms with E-state index in [-0.39, 0.29) is 10.5 Å². The zero-order valence-electron chi connectivity index (χ0n) is 14.5. The Labute approximate surface area is 147 Å². The smallest absolute Gasteiger partial charge is 0.227 e. The number of imidazole rings is 1. The minimum atomic E-state index is 0.0282. The molecular weight excluding hydrogens is 316 g/mol. The number of aromatic nitrogens is 2. The van der Waals surface area contributed by atoms with Crippen molar-refractivity contribution in [2.24, 2.45) is 0 Å². The van der Waals surface area contributed by atoms with E-state index >= 15 is 0 Å². The second-order valence-corrected chi connectivity index (χ2v) is 7.78. The van der Waals surface area contributed by atoms with Crippen molar-refractivity contribution in [1.82, 2.24) is 9.55 Å². The summed E-state index contributed by atoms with van der Waals surface area (Å²) >= 11 is 1.20. The van der Waals surface area contributed by atoms with Gasteiger partial charge in [0.05, 0.1) is 11.0 Å². The van der Waals surface area contributed by atoms with E-state index in [9.17, 15) is 4.79 Å². The fraction of sp³-hybridized carbons (Fsp3) is 0.300. The Morgan fingerprint density at radius 3 is 2.38 bits per heavy atom. The van der Waals surface area contributed by atoms with E-state index in [0.29, 0.717) is 5.56 Å². The van der Waals surface area contributed by atoms with Gasteiger partial charge >= 0.3 is 0 Å². The van der Waals surface area contributed by atoms with Crippen LogP contribution in [0, 0.1) is 0 Å². The van der Waals surface area contributed by atoms with Gasteiger partial charge in [0.15, 0.2) is 5.16 Å². The molecular formula is C20H22N2OS. The van der Waals surface area contributed by atoms with Crippen molar-refractivity contribution in [3.8, 4) is 0 Å². The summed E-state index contributed by atoms with van der Waals surface area (Å²) in [6.45, 7) is 9.37. The SMILES string of the molecule is CCn1c(SC(=O)c2ccc(C(C)(C)C)cc2)nc2ccccc21. The summed E-state index contributed by atoms with van der Waals surface area (Å²) in [5, 5.41) is 0.782. The molecule has 0 N–H and O–H groups in total. The number of nitrogens with zero attached hydrogens (tertiary/aromatic N) is 2. The highest BCUT2D eigenvalue weighted by atomic mass is 32.2. The predicted octanol–water partition coefficient (Wildman–Crippen LogP) is 5.29. The zero-order chi connectivity index (χ0) is 17.3. The van der Waals surface area contributed by atoms with E-state index in [4.69, 9.17) is 0 Å². The normalized spacial score (nSPS) is 11.8. The molecule has 3 nitrogen and oxygen atoms in total. The van der Waals surface area contributed by atoms with Crippen molar-refractivity contribution >= 4 is 27.9 Å². The van der Waals surface area contributed by atoms with Crippen LogP contribution in [0.4, 0.5) is 0 Å². The highest BCUT2D eigenvalue weighted by Gasteiger charge is 2.17. The maximum atomic E-state index is 12.6. The van der Waals surface area contributed by atoms with Gasteiger partial charge in [0, 0.05) is 12.1 Å². The monoisotopic (exact) mass is 338 g/mol. The molecule has 0 amide bonds. The molecule has 0 aliphatic heterocycles. The summed E-state index contributed by atoms with van der Waals surface area (Å²) < 4.78 is 2.08. The first-order valence-corrected chi connectivity index (χ1v) is 9.00. The molecule has 0 saturated carbocycles.